The summed E-state index contributed by atoms with van der Waals surface area (Å²) in [5, 5.41) is 0. The monoisotopic (exact) mass is 416 g/mol. The van der Waals surface area contributed by atoms with Crippen molar-refractivity contribution in [1.82, 2.24) is 9.55 Å². The highest BCUT2D eigenvalue weighted by Gasteiger charge is 2.17. The third kappa shape index (κ3) is 2.43. The van der Waals surface area contributed by atoms with Gasteiger partial charge in [0.1, 0.15) is 7.40 Å². The van der Waals surface area contributed by atoms with Crippen molar-refractivity contribution >= 4 is 45.2 Å². The number of hydrogen-bond acceptors (Lipinski definition) is 1. The summed E-state index contributed by atoms with van der Waals surface area (Å²) in [5.74, 6) is 0. The van der Waals surface area contributed by atoms with Gasteiger partial charge in [-0.3, -0.25) is 0 Å². The lowest BCUT2D eigenvalue weighted by molar-refractivity contribution is 0.436. The zero-order valence-electron chi connectivity index (χ0n) is 8.05. The first-order valence-electron chi connectivity index (χ1n) is 5.17. The predicted octanol–water partition coefficient (Wildman–Crippen LogP) is 3.99. The van der Waals surface area contributed by atoms with E-state index in [4.69, 9.17) is 0 Å². The lowest BCUT2D eigenvalue weighted by atomic mass is 10.1. The smallest absolute Gasteiger partial charge is 0.132 e. The van der Waals surface area contributed by atoms with E-state index in [1.54, 1.807) is 0 Å². The highest BCUT2D eigenvalue weighted by Crippen LogP contribution is 2.29. The molecule has 14 heavy (non-hydrogen) atoms. The van der Waals surface area contributed by atoms with E-state index in [0.29, 0.717) is 6.04 Å². The van der Waals surface area contributed by atoms with Gasteiger partial charge in [0.15, 0.2) is 0 Å². The summed E-state index contributed by atoms with van der Waals surface area (Å²) >= 11 is 4.72. The topological polar surface area (TPSA) is 17.8 Å². The number of imidazole rings is 1. The van der Waals surface area contributed by atoms with Crippen molar-refractivity contribution in [1.29, 1.82) is 0 Å². The molecule has 0 N–H and O–H groups in total. The van der Waals surface area contributed by atoms with Gasteiger partial charge in [-0.25, -0.2) is 4.98 Å². The Morgan fingerprint density at radius 3 is 2.29 bits per heavy atom. The van der Waals surface area contributed by atoms with Crippen LogP contribution in [0.2, 0.25) is 0 Å². The predicted molar refractivity (Wildman–Crippen MR) is 74.4 cm³/mol. The van der Waals surface area contributed by atoms with Crippen LogP contribution in [0, 0.1) is 7.40 Å². The first-order chi connectivity index (χ1) is 6.79. The van der Waals surface area contributed by atoms with Crippen LogP contribution < -0.4 is 0 Å². The Balaban J connectivity index is 2.16. The summed E-state index contributed by atoms with van der Waals surface area (Å²) in [6.45, 7) is 0. The minimum atomic E-state index is 0.709. The molecule has 4 heteroatoms. The Morgan fingerprint density at radius 1 is 1.14 bits per heavy atom. The number of aromatic nitrogens is 2. The minimum absolute atomic E-state index is 0.709. The van der Waals surface area contributed by atoms with E-state index in [9.17, 15) is 0 Å². The van der Waals surface area contributed by atoms with Crippen LogP contribution in [-0.4, -0.2) is 9.55 Å². The van der Waals surface area contributed by atoms with E-state index in [2.05, 4.69) is 54.7 Å². The molecule has 0 bridgehead atoms. The molecule has 78 valence electrons. The van der Waals surface area contributed by atoms with Gasteiger partial charge in [-0.15, -0.1) is 0 Å². The molecule has 2 rings (SSSR count). The zero-order valence-corrected chi connectivity index (χ0v) is 12.4. The summed E-state index contributed by atoms with van der Waals surface area (Å²) in [5.41, 5.74) is 0. The van der Waals surface area contributed by atoms with Gasteiger partial charge in [-0.1, -0.05) is 25.7 Å². The molecule has 0 aliphatic heterocycles. The van der Waals surface area contributed by atoms with Crippen molar-refractivity contribution < 1.29 is 0 Å². The number of nitrogens with zero attached hydrogens (tertiary/aromatic N) is 2. The molecule has 0 radical (unpaired) electrons. The van der Waals surface area contributed by atoms with Gasteiger partial charge in [0.05, 0.1) is 6.33 Å². The Hall–Kier alpha value is 0.670. The van der Waals surface area contributed by atoms with E-state index < -0.39 is 0 Å². The van der Waals surface area contributed by atoms with E-state index in [0.717, 1.165) is 3.70 Å². The minimum Gasteiger partial charge on any atom is -0.322 e. The number of halogens is 2. The van der Waals surface area contributed by atoms with Crippen LogP contribution in [0.15, 0.2) is 6.33 Å². The molecule has 2 nitrogen and oxygen atoms in total. The fourth-order valence-electron chi connectivity index (χ4n) is 2.11. The zero-order chi connectivity index (χ0) is 9.97. The van der Waals surface area contributed by atoms with Crippen molar-refractivity contribution in [2.24, 2.45) is 0 Å². The van der Waals surface area contributed by atoms with Gasteiger partial charge in [0.25, 0.3) is 0 Å². The highest BCUT2D eigenvalue weighted by atomic mass is 127. The van der Waals surface area contributed by atoms with Gasteiger partial charge in [0.2, 0.25) is 0 Å². The average Bonchev–Trinajstić information content (AvgIpc) is 2.47. The summed E-state index contributed by atoms with van der Waals surface area (Å²) < 4.78 is 4.83. The lowest BCUT2D eigenvalue weighted by Crippen LogP contribution is -2.08. The second-order valence-corrected chi connectivity index (χ2v) is 5.92. The largest absolute Gasteiger partial charge is 0.322 e. The maximum absolute atomic E-state index is 4.36. The fourth-order valence-corrected chi connectivity index (χ4v) is 3.17. The molecule has 1 heterocycles. The van der Waals surface area contributed by atoms with Gasteiger partial charge >= 0.3 is 0 Å². The molecule has 0 aromatic carbocycles. The third-order valence-electron chi connectivity index (χ3n) is 2.91. The number of rotatable bonds is 1. The Morgan fingerprint density at radius 2 is 1.79 bits per heavy atom. The molecule has 1 aliphatic carbocycles. The molecule has 0 amide bonds. The van der Waals surface area contributed by atoms with E-state index in [1.165, 1.54) is 42.2 Å². The van der Waals surface area contributed by atoms with Crippen LogP contribution in [0.25, 0.3) is 0 Å². The van der Waals surface area contributed by atoms with Crippen molar-refractivity contribution in [2.45, 2.75) is 44.6 Å². The van der Waals surface area contributed by atoms with Gasteiger partial charge < -0.3 is 4.57 Å². The van der Waals surface area contributed by atoms with Crippen LogP contribution in [-0.2, 0) is 0 Å². The summed E-state index contributed by atoms with van der Waals surface area (Å²) in [6, 6.07) is 0.709. The van der Waals surface area contributed by atoms with Crippen LogP contribution in [0.4, 0.5) is 0 Å². The second-order valence-electron chi connectivity index (χ2n) is 3.88. The number of hydrogen-bond donors (Lipinski definition) is 0. The molecule has 1 saturated carbocycles. The van der Waals surface area contributed by atoms with Crippen molar-refractivity contribution in [3.63, 3.8) is 0 Å². The standard InChI is InChI=1S/C10H14I2N2/c11-9-10(12)14(7-13-9)8-5-3-1-2-4-6-8/h7-8H,1-6H2. The quantitative estimate of drug-likeness (QED) is 0.501. The first-order valence-corrected chi connectivity index (χ1v) is 7.32. The van der Waals surface area contributed by atoms with Crippen LogP contribution in [0.1, 0.15) is 44.6 Å². The normalized spacial score (nSPS) is 19.6. The summed E-state index contributed by atoms with van der Waals surface area (Å²) in [7, 11) is 0. The molecule has 0 unspecified atom stereocenters. The van der Waals surface area contributed by atoms with E-state index >= 15 is 0 Å². The van der Waals surface area contributed by atoms with Crippen LogP contribution in [0.5, 0.6) is 0 Å². The van der Waals surface area contributed by atoms with Crippen LogP contribution >= 0.6 is 45.2 Å². The summed E-state index contributed by atoms with van der Waals surface area (Å²) in [6.07, 6.45) is 10.3. The highest BCUT2D eigenvalue weighted by molar-refractivity contribution is 14.1. The molecular formula is C10H14I2N2. The molecule has 1 aromatic heterocycles. The van der Waals surface area contributed by atoms with Crippen LogP contribution in [0.3, 0.4) is 0 Å². The van der Waals surface area contributed by atoms with E-state index in [1.807, 2.05) is 6.33 Å². The maximum Gasteiger partial charge on any atom is 0.132 e. The van der Waals surface area contributed by atoms with E-state index in [-0.39, 0.29) is 0 Å². The first kappa shape index (κ1) is 11.2. The molecular weight excluding hydrogens is 402 g/mol. The Kier molecular flexibility index (Phi) is 4.10. The van der Waals surface area contributed by atoms with Crippen molar-refractivity contribution in [3.8, 4) is 0 Å². The van der Waals surface area contributed by atoms with Gasteiger partial charge in [-0.05, 0) is 58.0 Å². The molecule has 0 saturated heterocycles. The summed E-state index contributed by atoms with van der Waals surface area (Å²) in [4.78, 5) is 4.36. The SMILES string of the molecule is Ic1ncn(C2CCCCCC2)c1I. The fraction of sp³-hybridized carbons (Fsp3) is 0.700. The van der Waals surface area contributed by atoms with Gasteiger partial charge in [-0.2, -0.15) is 0 Å². The molecule has 0 spiro atoms. The maximum atomic E-state index is 4.36. The third-order valence-corrected chi connectivity index (χ3v) is 5.80. The molecule has 1 aliphatic rings. The average molecular weight is 416 g/mol. The molecule has 1 fully saturated rings. The van der Waals surface area contributed by atoms with Crippen molar-refractivity contribution in [3.05, 3.63) is 13.7 Å². The Labute approximate surface area is 112 Å². The molecule has 0 atom stereocenters. The van der Waals surface area contributed by atoms with Gasteiger partial charge in [0, 0.05) is 6.04 Å². The lowest BCUT2D eigenvalue weighted by Gasteiger charge is -2.16. The second kappa shape index (κ2) is 5.14. The van der Waals surface area contributed by atoms with Crippen molar-refractivity contribution in [2.75, 3.05) is 0 Å². The molecule has 1 aromatic rings. The Bertz CT molecular complexity index is 301.